The number of ether oxygens (including phenoxy) is 1. The Hall–Kier alpha value is -2.80. The highest BCUT2D eigenvalue weighted by molar-refractivity contribution is 7.14. The minimum atomic E-state index is -0.304. The zero-order chi connectivity index (χ0) is 19.5. The predicted octanol–water partition coefficient (Wildman–Crippen LogP) is 4.37. The fourth-order valence-electron chi connectivity index (χ4n) is 3.50. The summed E-state index contributed by atoms with van der Waals surface area (Å²) in [7, 11) is 1.57. The van der Waals surface area contributed by atoms with Crippen LogP contribution in [0.5, 0.6) is 5.75 Å². The van der Waals surface area contributed by atoms with Gasteiger partial charge in [-0.1, -0.05) is 35.6 Å². The monoisotopic (exact) mass is 397 g/mol. The summed E-state index contributed by atoms with van der Waals surface area (Å²) < 4.78 is 19.4. The molecule has 2 heterocycles. The zero-order valence-corrected chi connectivity index (χ0v) is 16.3. The van der Waals surface area contributed by atoms with Gasteiger partial charge in [0, 0.05) is 24.6 Å². The number of halogens is 1. The number of hydrogen-bond acceptors (Lipinski definition) is 5. The third-order valence-electron chi connectivity index (χ3n) is 4.94. The van der Waals surface area contributed by atoms with Gasteiger partial charge in [-0.3, -0.25) is 4.79 Å². The van der Waals surface area contributed by atoms with Crippen molar-refractivity contribution in [2.75, 3.05) is 20.2 Å². The smallest absolute Gasteiger partial charge is 0.257 e. The molecule has 1 amide bonds. The molecule has 3 aromatic rings. The van der Waals surface area contributed by atoms with Crippen LogP contribution in [0.2, 0.25) is 0 Å². The van der Waals surface area contributed by atoms with Gasteiger partial charge in [0.2, 0.25) is 0 Å². The van der Waals surface area contributed by atoms with E-state index >= 15 is 0 Å². The number of methoxy groups -OCH3 is 1. The fourth-order valence-corrected chi connectivity index (χ4v) is 4.49. The van der Waals surface area contributed by atoms with Crippen molar-refractivity contribution in [2.24, 2.45) is 0 Å². The van der Waals surface area contributed by atoms with Crippen LogP contribution < -0.4 is 4.74 Å². The van der Waals surface area contributed by atoms with E-state index in [9.17, 15) is 9.18 Å². The second-order valence-electron chi connectivity index (χ2n) is 6.72. The van der Waals surface area contributed by atoms with E-state index in [1.54, 1.807) is 37.4 Å². The van der Waals surface area contributed by atoms with Gasteiger partial charge in [0.05, 0.1) is 12.7 Å². The lowest BCUT2D eigenvalue weighted by molar-refractivity contribution is 0.0703. The molecular formula is C21H20FN3O2S. The summed E-state index contributed by atoms with van der Waals surface area (Å²) in [6.07, 6.45) is 1.82. The number of piperidine rings is 1. The Balaban J connectivity index is 1.53. The highest BCUT2D eigenvalue weighted by Crippen LogP contribution is 2.34. The van der Waals surface area contributed by atoms with Gasteiger partial charge in [-0.05, 0) is 37.1 Å². The number of aromatic nitrogens is 2. The van der Waals surface area contributed by atoms with Gasteiger partial charge < -0.3 is 9.64 Å². The summed E-state index contributed by atoms with van der Waals surface area (Å²) in [6.45, 7) is 1.27. The topological polar surface area (TPSA) is 55.3 Å². The lowest BCUT2D eigenvalue weighted by Gasteiger charge is -2.32. The lowest BCUT2D eigenvalue weighted by Crippen LogP contribution is -2.39. The number of nitrogens with zero attached hydrogens (tertiary/aromatic N) is 3. The molecule has 2 aromatic carbocycles. The average Bonchev–Trinajstić information content (AvgIpc) is 3.23. The van der Waals surface area contributed by atoms with Crippen molar-refractivity contribution in [3.63, 3.8) is 0 Å². The molecule has 28 heavy (non-hydrogen) atoms. The van der Waals surface area contributed by atoms with Gasteiger partial charge in [-0.15, -0.1) is 10.2 Å². The number of likely N-dealkylation sites (tertiary alicyclic amines) is 1. The van der Waals surface area contributed by atoms with Gasteiger partial charge in [0.25, 0.3) is 5.91 Å². The van der Waals surface area contributed by atoms with E-state index in [2.05, 4.69) is 10.2 Å². The van der Waals surface area contributed by atoms with Gasteiger partial charge in [0.15, 0.2) is 5.01 Å². The summed E-state index contributed by atoms with van der Waals surface area (Å²) in [4.78, 5) is 14.8. The molecule has 5 nitrogen and oxygen atoms in total. The van der Waals surface area contributed by atoms with Gasteiger partial charge >= 0.3 is 0 Å². The Morgan fingerprint density at radius 2 is 1.96 bits per heavy atom. The van der Waals surface area contributed by atoms with Crippen LogP contribution in [0, 0.1) is 5.82 Å². The maximum atomic E-state index is 14.0. The first-order valence-corrected chi connectivity index (χ1v) is 9.99. The fraction of sp³-hybridized carbons (Fsp3) is 0.286. The van der Waals surface area contributed by atoms with Crippen LogP contribution in [-0.4, -0.2) is 41.2 Å². The molecule has 0 radical (unpaired) electrons. The van der Waals surface area contributed by atoms with Crippen LogP contribution in [0.25, 0.3) is 10.6 Å². The van der Waals surface area contributed by atoms with E-state index in [0.717, 1.165) is 17.8 Å². The van der Waals surface area contributed by atoms with Crippen LogP contribution in [0.3, 0.4) is 0 Å². The Morgan fingerprint density at radius 1 is 1.18 bits per heavy atom. The highest BCUT2D eigenvalue weighted by atomic mass is 32.1. The van der Waals surface area contributed by atoms with Crippen molar-refractivity contribution in [3.05, 3.63) is 64.9 Å². The Labute approximate surface area is 166 Å². The largest absolute Gasteiger partial charge is 0.496 e. The number of carbonyl (C=O) groups excluding carboxylic acids is 1. The van der Waals surface area contributed by atoms with Crippen molar-refractivity contribution in [1.29, 1.82) is 0 Å². The Bertz CT molecular complexity index is 991. The predicted molar refractivity (Wildman–Crippen MR) is 106 cm³/mol. The van der Waals surface area contributed by atoms with Gasteiger partial charge in [-0.2, -0.15) is 0 Å². The number of carbonyl (C=O) groups is 1. The first-order valence-electron chi connectivity index (χ1n) is 9.18. The number of rotatable bonds is 4. The Kier molecular flexibility index (Phi) is 5.34. The van der Waals surface area contributed by atoms with Gasteiger partial charge in [0.1, 0.15) is 16.6 Å². The number of para-hydroxylation sites is 1. The van der Waals surface area contributed by atoms with Crippen LogP contribution in [0.15, 0.2) is 48.5 Å². The normalized spacial score (nSPS) is 16.8. The molecule has 0 N–H and O–H groups in total. The molecule has 1 aliphatic heterocycles. The van der Waals surface area contributed by atoms with Crippen LogP contribution in [0.1, 0.15) is 34.1 Å². The molecule has 0 bridgehead atoms. The van der Waals surface area contributed by atoms with Gasteiger partial charge in [-0.25, -0.2) is 4.39 Å². The van der Waals surface area contributed by atoms with E-state index in [4.69, 9.17) is 4.74 Å². The molecule has 1 fully saturated rings. The minimum absolute atomic E-state index is 0.0407. The molecule has 1 unspecified atom stereocenters. The molecule has 0 saturated carbocycles. The highest BCUT2D eigenvalue weighted by Gasteiger charge is 2.29. The zero-order valence-electron chi connectivity index (χ0n) is 15.5. The van der Waals surface area contributed by atoms with Crippen LogP contribution in [0.4, 0.5) is 4.39 Å². The van der Waals surface area contributed by atoms with Crippen molar-refractivity contribution in [2.45, 2.75) is 18.8 Å². The number of amides is 1. The minimum Gasteiger partial charge on any atom is -0.496 e. The first-order chi connectivity index (χ1) is 13.7. The Morgan fingerprint density at radius 3 is 2.79 bits per heavy atom. The van der Waals surface area contributed by atoms with Crippen LogP contribution in [-0.2, 0) is 0 Å². The summed E-state index contributed by atoms with van der Waals surface area (Å²) in [5.74, 6) is 0.334. The second-order valence-corrected chi connectivity index (χ2v) is 7.73. The lowest BCUT2D eigenvalue weighted by atomic mass is 9.98. The van der Waals surface area contributed by atoms with Crippen molar-refractivity contribution in [1.82, 2.24) is 15.1 Å². The standard InChI is InChI=1S/C21H20FN3O2S/c1-27-18-11-5-3-9-16(18)21(26)25-12-6-7-14(13-25)19-23-24-20(28-19)15-8-2-4-10-17(15)22/h2-5,8-11,14H,6-7,12-13H2,1H3. The number of hydrogen-bond donors (Lipinski definition) is 0. The van der Waals surface area contributed by atoms with E-state index in [1.165, 1.54) is 17.4 Å². The van der Waals surface area contributed by atoms with E-state index in [0.29, 0.717) is 35.0 Å². The molecule has 0 aliphatic carbocycles. The SMILES string of the molecule is COc1ccccc1C(=O)N1CCCC(c2nnc(-c3ccccc3F)s2)C1. The summed E-state index contributed by atoms with van der Waals surface area (Å²) in [5, 5.41) is 9.89. The molecule has 1 aromatic heterocycles. The number of benzene rings is 2. The first kappa shape index (κ1) is 18.6. The van der Waals surface area contributed by atoms with Crippen LogP contribution >= 0.6 is 11.3 Å². The maximum absolute atomic E-state index is 14.0. The second kappa shape index (κ2) is 8.06. The van der Waals surface area contributed by atoms with E-state index in [-0.39, 0.29) is 17.6 Å². The van der Waals surface area contributed by atoms with E-state index < -0.39 is 0 Å². The molecule has 1 aliphatic rings. The molecular weight excluding hydrogens is 377 g/mol. The molecule has 144 valence electrons. The van der Waals surface area contributed by atoms with Crippen molar-refractivity contribution in [3.8, 4) is 16.3 Å². The van der Waals surface area contributed by atoms with Crippen molar-refractivity contribution < 1.29 is 13.9 Å². The summed E-state index contributed by atoms with van der Waals surface area (Å²) >= 11 is 1.40. The molecule has 1 saturated heterocycles. The quantitative estimate of drug-likeness (QED) is 0.656. The average molecular weight is 397 g/mol. The third kappa shape index (κ3) is 3.62. The molecule has 0 spiro atoms. The molecule has 4 rings (SSSR count). The van der Waals surface area contributed by atoms with E-state index in [1.807, 2.05) is 17.0 Å². The summed E-state index contributed by atoms with van der Waals surface area (Å²) in [6, 6.07) is 13.8. The maximum Gasteiger partial charge on any atom is 0.257 e. The van der Waals surface area contributed by atoms with Crippen molar-refractivity contribution >= 4 is 17.2 Å². The molecule has 1 atom stereocenters. The molecule has 7 heteroatoms. The third-order valence-corrected chi connectivity index (χ3v) is 6.06. The summed E-state index contributed by atoms with van der Waals surface area (Å²) in [5.41, 5.74) is 1.03.